The van der Waals surface area contributed by atoms with E-state index in [0.717, 1.165) is 0 Å². The van der Waals surface area contributed by atoms with Crippen LogP contribution in [0.4, 0.5) is 5.69 Å². The number of amides is 2. The first-order valence-corrected chi connectivity index (χ1v) is 6.88. The summed E-state index contributed by atoms with van der Waals surface area (Å²) in [5.41, 5.74) is 6.16. The van der Waals surface area contributed by atoms with E-state index in [-0.39, 0.29) is 16.6 Å². The lowest BCUT2D eigenvalue weighted by molar-refractivity contribution is 0.0996. The number of H-pyrrole nitrogens is 1. The Hall–Kier alpha value is -3.41. The van der Waals surface area contributed by atoms with Gasteiger partial charge in [-0.3, -0.25) is 14.4 Å². The van der Waals surface area contributed by atoms with Crippen molar-refractivity contribution in [2.75, 3.05) is 5.32 Å². The summed E-state index contributed by atoms with van der Waals surface area (Å²) in [4.78, 5) is 38.8. The number of hydrogen-bond acceptors (Lipinski definition) is 3. The lowest BCUT2D eigenvalue weighted by Gasteiger charge is -2.07. The van der Waals surface area contributed by atoms with Crippen LogP contribution in [0.25, 0.3) is 10.9 Å². The highest BCUT2D eigenvalue weighted by Crippen LogP contribution is 2.12. The van der Waals surface area contributed by atoms with Crippen molar-refractivity contribution in [1.29, 1.82) is 0 Å². The zero-order valence-corrected chi connectivity index (χ0v) is 12.0. The Morgan fingerprint density at radius 2 is 1.83 bits per heavy atom. The molecule has 0 aliphatic rings. The maximum absolute atomic E-state index is 12.4. The fourth-order valence-electron chi connectivity index (χ4n) is 2.28. The Labute approximate surface area is 130 Å². The van der Waals surface area contributed by atoms with Crippen LogP contribution in [-0.2, 0) is 0 Å². The molecule has 0 bridgehead atoms. The number of anilines is 1. The van der Waals surface area contributed by atoms with Crippen molar-refractivity contribution in [2.45, 2.75) is 0 Å². The van der Waals surface area contributed by atoms with Gasteiger partial charge in [-0.2, -0.15) is 0 Å². The van der Waals surface area contributed by atoms with Gasteiger partial charge in [0.25, 0.3) is 5.91 Å². The van der Waals surface area contributed by atoms with Crippen molar-refractivity contribution in [3.63, 3.8) is 0 Å². The first kappa shape index (κ1) is 14.5. The van der Waals surface area contributed by atoms with Crippen molar-refractivity contribution in [3.05, 3.63) is 76.1 Å². The lowest BCUT2D eigenvalue weighted by atomic mass is 10.1. The molecule has 0 fully saturated rings. The summed E-state index contributed by atoms with van der Waals surface area (Å²) in [5, 5.41) is 3.03. The van der Waals surface area contributed by atoms with Crippen LogP contribution in [0.5, 0.6) is 0 Å². The number of rotatable bonds is 3. The van der Waals surface area contributed by atoms with E-state index in [1.807, 2.05) is 0 Å². The molecule has 3 rings (SSSR count). The van der Waals surface area contributed by atoms with Gasteiger partial charge in [-0.25, -0.2) is 0 Å². The molecular weight excluding hydrogens is 294 g/mol. The SMILES string of the molecule is NC(=O)c1cccc(NC(=O)c2c[nH]c3ccccc3c2=O)c1. The minimum Gasteiger partial charge on any atom is -0.366 e. The summed E-state index contributed by atoms with van der Waals surface area (Å²) in [6.07, 6.45) is 1.37. The zero-order chi connectivity index (χ0) is 16.4. The molecule has 3 aromatic rings. The summed E-state index contributed by atoms with van der Waals surface area (Å²) in [6.45, 7) is 0. The molecule has 0 atom stereocenters. The fraction of sp³-hybridized carbons (Fsp3) is 0. The molecule has 2 amide bonds. The minimum atomic E-state index is -0.593. The number of hydrogen-bond donors (Lipinski definition) is 3. The molecule has 6 nitrogen and oxygen atoms in total. The number of fused-ring (bicyclic) bond motifs is 1. The van der Waals surface area contributed by atoms with Crippen LogP contribution in [0.15, 0.2) is 59.5 Å². The van der Waals surface area contributed by atoms with E-state index in [9.17, 15) is 14.4 Å². The van der Waals surface area contributed by atoms with Gasteiger partial charge in [0.2, 0.25) is 11.3 Å². The monoisotopic (exact) mass is 307 g/mol. The number of para-hydroxylation sites is 1. The largest absolute Gasteiger partial charge is 0.366 e. The molecule has 0 unspecified atom stereocenters. The zero-order valence-electron chi connectivity index (χ0n) is 12.0. The molecule has 4 N–H and O–H groups in total. The van der Waals surface area contributed by atoms with Crippen molar-refractivity contribution in [2.24, 2.45) is 5.73 Å². The quantitative estimate of drug-likeness (QED) is 0.688. The van der Waals surface area contributed by atoms with Crippen molar-refractivity contribution < 1.29 is 9.59 Å². The predicted octanol–water partition coefficient (Wildman–Crippen LogP) is 1.88. The highest BCUT2D eigenvalue weighted by atomic mass is 16.2. The lowest BCUT2D eigenvalue weighted by Crippen LogP contribution is -2.22. The van der Waals surface area contributed by atoms with Gasteiger partial charge >= 0.3 is 0 Å². The molecule has 0 saturated carbocycles. The van der Waals surface area contributed by atoms with E-state index in [4.69, 9.17) is 5.73 Å². The van der Waals surface area contributed by atoms with Crippen LogP contribution in [0.3, 0.4) is 0 Å². The third-order valence-electron chi connectivity index (χ3n) is 3.44. The average Bonchev–Trinajstić information content (AvgIpc) is 2.55. The Kier molecular flexibility index (Phi) is 3.64. The van der Waals surface area contributed by atoms with E-state index < -0.39 is 11.8 Å². The van der Waals surface area contributed by atoms with Crippen LogP contribution in [0.2, 0.25) is 0 Å². The number of pyridine rings is 1. The maximum atomic E-state index is 12.4. The normalized spacial score (nSPS) is 10.4. The molecule has 0 radical (unpaired) electrons. The Morgan fingerprint density at radius 3 is 2.61 bits per heavy atom. The van der Waals surface area contributed by atoms with E-state index in [2.05, 4.69) is 10.3 Å². The van der Waals surface area contributed by atoms with Gasteiger partial charge in [0, 0.05) is 28.4 Å². The topological polar surface area (TPSA) is 105 Å². The minimum absolute atomic E-state index is 0.00632. The fourth-order valence-corrected chi connectivity index (χ4v) is 2.28. The van der Waals surface area contributed by atoms with Gasteiger partial charge in [0.05, 0.1) is 0 Å². The first-order chi connectivity index (χ1) is 11.1. The molecule has 6 heteroatoms. The molecule has 0 saturated heterocycles. The molecule has 23 heavy (non-hydrogen) atoms. The second-order valence-corrected chi connectivity index (χ2v) is 4.98. The maximum Gasteiger partial charge on any atom is 0.261 e. The molecule has 1 heterocycles. The number of carbonyl (C=O) groups is 2. The Balaban J connectivity index is 1.95. The summed E-state index contributed by atoms with van der Waals surface area (Å²) in [7, 11) is 0. The van der Waals surface area contributed by atoms with Crippen LogP contribution in [-0.4, -0.2) is 16.8 Å². The second kappa shape index (κ2) is 5.76. The van der Waals surface area contributed by atoms with E-state index in [1.165, 1.54) is 12.3 Å². The van der Waals surface area contributed by atoms with Gasteiger partial charge in [-0.15, -0.1) is 0 Å². The van der Waals surface area contributed by atoms with Crippen molar-refractivity contribution >= 4 is 28.4 Å². The summed E-state index contributed by atoms with van der Waals surface area (Å²) < 4.78 is 0. The third kappa shape index (κ3) is 2.82. The van der Waals surface area contributed by atoms with Gasteiger partial charge in [0.15, 0.2) is 0 Å². The number of benzene rings is 2. The van der Waals surface area contributed by atoms with Crippen LogP contribution >= 0.6 is 0 Å². The highest BCUT2D eigenvalue weighted by Gasteiger charge is 2.13. The van der Waals surface area contributed by atoms with Crippen LogP contribution in [0, 0.1) is 0 Å². The molecule has 0 aliphatic carbocycles. The smallest absolute Gasteiger partial charge is 0.261 e. The van der Waals surface area contributed by atoms with Crippen LogP contribution < -0.4 is 16.5 Å². The van der Waals surface area contributed by atoms with Crippen molar-refractivity contribution in [3.8, 4) is 0 Å². The number of primary amides is 1. The highest BCUT2D eigenvalue weighted by molar-refractivity contribution is 6.06. The number of carbonyl (C=O) groups excluding carboxylic acids is 2. The summed E-state index contributed by atoms with van der Waals surface area (Å²) >= 11 is 0. The van der Waals surface area contributed by atoms with Gasteiger partial charge in [0.1, 0.15) is 5.56 Å². The number of aromatic amines is 1. The third-order valence-corrected chi connectivity index (χ3v) is 3.44. The molecule has 1 aromatic heterocycles. The Bertz CT molecular complexity index is 976. The van der Waals surface area contributed by atoms with E-state index in [0.29, 0.717) is 16.6 Å². The standard InChI is InChI=1S/C17H13N3O3/c18-16(22)10-4-3-5-11(8-10)20-17(23)13-9-19-14-7-2-1-6-12(14)15(13)21/h1-9H,(H2,18,22)(H,19,21)(H,20,23). The number of nitrogens with two attached hydrogens (primary N) is 1. The molecular formula is C17H13N3O3. The molecule has 2 aromatic carbocycles. The van der Waals surface area contributed by atoms with Gasteiger partial charge in [-0.05, 0) is 30.3 Å². The van der Waals surface area contributed by atoms with Crippen LogP contribution in [0.1, 0.15) is 20.7 Å². The van der Waals surface area contributed by atoms with E-state index in [1.54, 1.807) is 42.5 Å². The van der Waals surface area contributed by atoms with Gasteiger partial charge in [-0.1, -0.05) is 18.2 Å². The number of nitrogens with one attached hydrogen (secondary N) is 2. The second-order valence-electron chi connectivity index (χ2n) is 4.98. The number of aromatic nitrogens is 1. The van der Waals surface area contributed by atoms with Crippen molar-refractivity contribution in [1.82, 2.24) is 4.98 Å². The Morgan fingerprint density at radius 1 is 1.04 bits per heavy atom. The molecule has 114 valence electrons. The summed E-state index contributed by atoms with van der Waals surface area (Å²) in [6, 6.07) is 13.1. The summed E-state index contributed by atoms with van der Waals surface area (Å²) in [5.74, 6) is -1.15. The molecule has 0 spiro atoms. The molecule has 0 aliphatic heterocycles. The predicted molar refractivity (Wildman–Crippen MR) is 87.5 cm³/mol. The van der Waals surface area contributed by atoms with Gasteiger partial charge < -0.3 is 16.0 Å². The van der Waals surface area contributed by atoms with E-state index >= 15 is 0 Å². The first-order valence-electron chi connectivity index (χ1n) is 6.88. The average molecular weight is 307 g/mol.